The molecule has 3 N–H and O–H groups in total. The van der Waals surface area contributed by atoms with Gasteiger partial charge in [0.2, 0.25) is 0 Å². The summed E-state index contributed by atoms with van der Waals surface area (Å²) in [6.07, 6.45) is 3.92. The van der Waals surface area contributed by atoms with Crippen molar-refractivity contribution in [2.75, 3.05) is 5.73 Å². The molecule has 0 radical (unpaired) electrons. The monoisotopic (exact) mass is 177 g/mol. The summed E-state index contributed by atoms with van der Waals surface area (Å²) in [5, 5.41) is 9.81. The third-order valence-electron chi connectivity index (χ3n) is 2.70. The Morgan fingerprint density at radius 2 is 2.15 bits per heavy atom. The van der Waals surface area contributed by atoms with Gasteiger partial charge in [-0.05, 0) is 42.5 Å². The van der Waals surface area contributed by atoms with Crippen LogP contribution in [-0.4, -0.2) is 5.11 Å². The fraction of sp³-hybridized carbons (Fsp3) is 0.455. The van der Waals surface area contributed by atoms with E-state index in [-0.39, 0.29) is 6.10 Å². The minimum Gasteiger partial charge on any atom is -0.399 e. The molecule has 0 bridgehead atoms. The molecule has 1 aromatic carbocycles. The first-order valence-electron chi connectivity index (χ1n) is 4.84. The lowest BCUT2D eigenvalue weighted by Gasteiger charge is -2.11. The molecule has 13 heavy (non-hydrogen) atoms. The van der Waals surface area contributed by atoms with E-state index < -0.39 is 0 Å². The van der Waals surface area contributed by atoms with Crippen LogP contribution < -0.4 is 5.73 Å². The molecule has 0 aromatic heterocycles. The maximum absolute atomic E-state index is 9.81. The predicted molar refractivity (Wildman–Crippen MR) is 53.4 cm³/mol. The van der Waals surface area contributed by atoms with Crippen LogP contribution in [0.2, 0.25) is 0 Å². The van der Waals surface area contributed by atoms with Crippen LogP contribution >= 0.6 is 0 Å². The molecule has 1 aliphatic rings. The van der Waals surface area contributed by atoms with Crippen LogP contribution in [0.1, 0.15) is 36.5 Å². The Morgan fingerprint density at radius 1 is 1.31 bits per heavy atom. The van der Waals surface area contributed by atoms with Gasteiger partial charge in [-0.2, -0.15) is 0 Å². The van der Waals surface area contributed by atoms with Gasteiger partial charge in [-0.3, -0.25) is 0 Å². The topological polar surface area (TPSA) is 46.2 Å². The lowest BCUT2D eigenvalue weighted by Crippen LogP contribution is -2.00. The van der Waals surface area contributed by atoms with E-state index in [0.29, 0.717) is 0 Å². The van der Waals surface area contributed by atoms with Gasteiger partial charge in [-0.1, -0.05) is 12.5 Å². The first kappa shape index (κ1) is 8.57. The quantitative estimate of drug-likeness (QED) is 0.470. The summed E-state index contributed by atoms with van der Waals surface area (Å²) in [6.45, 7) is 0. The molecule has 0 fully saturated rings. The summed E-state index contributed by atoms with van der Waals surface area (Å²) in [5.41, 5.74) is 8.74. The van der Waals surface area contributed by atoms with Crippen molar-refractivity contribution in [2.45, 2.75) is 31.8 Å². The molecule has 2 heteroatoms. The van der Waals surface area contributed by atoms with Crippen LogP contribution in [0.4, 0.5) is 5.69 Å². The van der Waals surface area contributed by atoms with E-state index in [1.807, 2.05) is 18.2 Å². The maximum Gasteiger partial charge on any atom is 0.0793 e. The second-order valence-corrected chi connectivity index (χ2v) is 3.72. The molecule has 70 valence electrons. The smallest absolute Gasteiger partial charge is 0.0793 e. The normalized spacial score (nSPS) is 22.1. The van der Waals surface area contributed by atoms with E-state index in [1.165, 1.54) is 12.0 Å². The fourth-order valence-corrected chi connectivity index (χ4v) is 1.96. The number of benzene rings is 1. The molecular formula is C11H15NO. The number of nitrogen functional groups attached to an aromatic ring is 1. The Bertz CT molecular complexity index is 309. The van der Waals surface area contributed by atoms with Crippen molar-refractivity contribution in [3.8, 4) is 0 Å². The first-order chi connectivity index (χ1) is 6.27. The molecule has 0 saturated carbocycles. The van der Waals surface area contributed by atoms with Gasteiger partial charge in [0.05, 0.1) is 6.10 Å². The molecule has 0 aliphatic heterocycles. The summed E-state index contributed by atoms with van der Waals surface area (Å²) >= 11 is 0. The second kappa shape index (κ2) is 3.38. The molecule has 0 saturated heterocycles. The second-order valence-electron chi connectivity index (χ2n) is 3.72. The molecule has 0 amide bonds. The molecular weight excluding hydrogens is 162 g/mol. The van der Waals surface area contributed by atoms with Crippen LogP contribution in [-0.2, 0) is 6.42 Å². The molecule has 0 spiro atoms. The number of aliphatic hydroxyl groups is 1. The molecule has 1 atom stereocenters. The van der Waals surface area contributed by atoms with E-state index in [4.69, 9.17) is 5.73 Å². The van der Waals surface area contributed by atoms with Crippen molar-refractivity contribution in [2.24, 2.45) is 0 Å². The zero-order chi connectivity index (χ0) is 9.26. The van der Waals surface area contributed by atoms with Crippen LogP contribution in [0.25, 0.3) is 0 Å². The first-order valence-corrected chi connectivity index (χ1v) is 4.84. The molecule has 0 unspecified atom stereocenters. The zero-order valence-corrected chi connectivity index (χ0v) is 7.66. The van der Waals surface area contributed by atoms with Crippen molar-refractivity contribution in [3.63, 3.8) is 0 Å². The van der Waals surface area contributed by atoms with Crippen molar-refractivity contribution in [1.29, 1.82) is 0 Å². The van der Waals surface area contributed by atoms with Gasteiger partial charge >= 0.3 is 0 Å². The van der Waals surface area contributed by atoms with E-state index in [1.54, 1.807) is 0 Å². The van der Waals surface area contributed by atoms with Crippen LogP contribution in [0.3, 0.4) is 0 Å². The molecule has 1 aromatic rings. The number of nitrogens with two attached hydrogens (primary N) is 1. The summed E-state index contributed by atoms with van der Waals surface area (Å²) in [4.78, 5) is 0. The van der Waals surface area contributed by atoms with Crippen molar-refractivity contribution in [3.05, 3.63) is 29.3 Å². The zero-order valence-electron chi connectivity index (χ0n) is 7.66. The van der Waals surface area contributed by atoms with Gasteiger partial charge < -0.3 is 10.8 Å². The lowest BCUT2D eigenvalue weighted by molar-refractivity contribution is 0.166. The minimum atomic E-state index is -0.305. The Kier molecular flexibility index (Phi) is 2.23. The van der Waals surface area contributed by atoms with E-state index in [9.17, 15) is 5.11 Å². The van der Waals surface area contributed by atoms with Crippen molar-refractivity contribution < 1.29 is 5.11 Å². The third kappa shape index (κ3) is 1.68. The Labute approximate surface area is 78.4 Å². The standard InChI is InChI=1S/C11H15NO/c12-9-6-5-8-3-1-2-4-11(13)10(8)7-9/h5-7,11,13H,1-4,12H2/t11-/m0/s1. The molecule has 0 heterocycles. The van der Waals surface area contributed by atoms with Crippen LogP contribution in [0.5, 0.6) is 0 Å². The van der Waals surface area contributed by atoms with Gasteiger partial charge in [0.25, 0.3) is 0 Å². The number of fused-ring (bicyclic) bond motifs is 1. The number of aliphatic hydroxyl groups excluding tert-OH is 1. The molecule has 2 rings (SSSR count). The Morgan fingerprint density at radius 3 is 3.00 bits per heavy atom. The van der Waals surface area contributed by atoms with Crippen molar-refractivity contribution in [1.82, 2.24) is 0 Å². The highest BCUT2D eigenvalue weighted by atomic mass is 16.3. The summed E-state index contributed by atoms with van der Waals surface area (Å²) in [6, 6.07) is 5.86. The summed E-state index contributed by atoms with van der Waals surface area (Å²) < 4.78 is 0. The van der Waals surface area contributed by atoms with E-state index in [2.05, 4.69) is 0 Å². The Balaban J connectivity index is 2.43. The Hall–Kier alpha value is -1.02. The van der Waals surface area contributed by atoms with Gasteiger partial charge in [-0.25, -0.2) is 0 Å². The van der Waals surface area contributed by atoms with Gasteiger partial charge in [-0.15, -0.1) is 0 Å². The largest absolute Gasteiger partial charge is 0.399 e. The number of rotatable bonds is 0. The lowest BCUT2D eigenvalue weighted by atomic mass is 10.0. The highest BCUT2D eigenvalue weighted by Crippen LogP contribution is 2.29. The highest BCUT2D eigenvalue weighted by Gasteiger charge is 2.15. The van der Waals surface area contributed by atoms with Crippen molar-refractivity contribution >= 4 is 5.69 Å². The third-order valence-corrected chi connectivity index (χ3v) is 2.70. The predicted octanol–water partition coefficient (Wildman–Crippen LogP) is 2.03. The van der Waals surface area contributed by atoms with Gasteiger partial charge in [0, 0.05) is 5.69 Å². The van der Waals surface area contributed by atoms with Crippen LogP contribution in [0.15, 0.2) is 18.2 Å². The average Bonchev–Trinajstić information content (AvgIpc) is 2.29. The van der Waals surface area contributed by atoms with E-state index >= 15 is 0 Å². The number of anilines is 1. The van der Waals surface area contributed by atoms with Gasteiger partial charge in [0.15, 0.2) is 0 Å². The molecule has 2 nitrogen and oxygen atoms in total. The number of hydrogen-bond acceptors (Lipinski definition) is 2. The molecule has 1 aliphatic carbocycles. The SMILES string of the molecule is Nc1ccc2c(c1)[C@@H](O)CCCC2. The number of hydrogen-bond donors (Lipinski definition) is 2. The fourth-order valence-electron chi connectivity index (χ4n) is 1.96. The summed E-state index contributed by atoms with van der Waals surface area (Å²) in [5.74, 6) is 0. The van der Waals surface area contributed by atoms with E-state index in [0.717, 1.165) is 30.5 Å². The van der Waals surface area contributed by atoms with Crippen LogP contribution in [0, 0.1) is 0 Å². The maximum atomic E-state index is 9.81. The number of aryl methyl sites for hydroxylation is 1. The minimum absolute atomic E-state index is 0.305. The average molecular weight is 177 g/mol. The highest BCUT2D eigenvalue weighted by molar-refractivity contribution is 5.46. The summed E-state index contributed by atoms with van der Waals surface area (Å²) in [7, 11) is 0. The van der Waals surface area contributed by atoms with Gasteiger partial charge in [0.1, 0.15) is 0 Å².